The Morgan fingerprint density at radius 2 is 2.05 bits per heavy atom. The zero-order valence-electron chi connectivity index (χ0n) is 11.4. The summed E-state index contributed by atoms with van der Waals surface area (Å²) in [6.45, 7) is 4.89. The molecule has 0 saturated carbocycles. The summed E-state index contributed by atoms with van der Waals surface area (Å²) in [7, 11) is 0. The fourth-order valence-electron chi connectivity index (χ4n) is 1.66. The van der Waals surface area contributed by atoms with Crippen LogP contribution in [0.25, 0.3) is 0 Å². The average molecular weight is 266 g/mol. The lowest BCUT2D eigenvalue weighted by atomic mass is 10.1. The minimum Gasteiger partial charge on any atom is -0.508 e. The molecule has 0 aliphatic rings. The molecule has 0 aliphatic carbocycles. The van der Waals surface area contributed by atoms with Crippen LogP contribution in [0.1, 0.15) is 19.4 Å². The first-order chi connectivity index (χ1) is 9.02. The van der Waals surface area contributed by atoms with Crippen molar-refractivity contribution in [3.05, 3.63) is 29.8 Å². The smallest absolute Gasteiger partial charge is 0.237 e. The van der Waals surface area contributed by atoms with Gasteiger partial charge in [-0.15, -0.1) is 0 Å². The molecule has 1 amide bonds. The second kappa shape index (κ2) is 7.76. The summed E-state index contributed by atoms with van der Waals surface area (Å²) in [6, 6.07) is 6.01. The van der Waals surface area contributed by atoms with Gasteiger partial charge in [0, 0.05) is 12.6 Å². The van der Waals surface area contributed by atoms with Crippen molar-refractivity contribution in [1.29, 1.82) is 0 Å². The van der Waals surface area contributed by atoms with E-state index in [-0.39, 0.29) is 17.7 Å². The van der Waals surface area contributed by atoms with Gasteiger partial charge in [0.25, 0.3) is 0 Å². The minimum absolute atomic E-state index is 0.0571. The van der Waals surface area contributed by atoms with Crippen LogP contribution in [-0.4, -0.2) is 36.3 Å². The first-order valence-electron chi connectivity index (χ1n) is 6.44. The average Bonchev–Trinajstić information content (AvgIpc) is 2.39. The van der Waals surface area contributed by atoms with Crippen LogP contribution >= 0.6 is 0 Å². The minimum atomic E-state index is -0.603. The number of aromatic hydroxyl groups is 1. The number of rotatable bonds is 7. The number of nitrogens with one attached hydrogen (secondary N) is 1. The number of phenolic OH excluding ortho intramolecular Hbond substituents is 1. The Balaban J connectivity index is 2.42. The van der Waals surface area contributed by atoms with E-state index in [2.05, 4.69) is 5.32 Å². The van der Waals surface area contributed by atoms with Gasteiger partial charge in [-0.25, -0.2) is 0 Å². The van der Waals surface area contributed by atoms with Crippen molar-refractivity contribution in [2.24, 2.45) is 5.73 Å². The lowest BCUT2D eigenvalue weighted by Crippen LogP contribution is -2.46. The first-order valence-corrected chi connectivity index (χ1v) is 6.44. The number of phenols is 1. The van der Waals surface area contributed by atoms with Crippen LogP contribution in [0.4, 0.5) is 0 Å². The van der Waals surface area contributed by atoms with Crippen LogP contribution in [-0.2, 0) is 16.0 Å². The molecular weight excluding hydrogens is 244 g/mol. The Morgan fingerprint density at radius 3 is 2.63 bits per heavy atom. The summed E-state index contributed by atoms with van der Waals surface area (Å²) in [5.74, 6) is 0.00684. The zero-order chi connectivity index (χ0) is 14.3. The van der Waals surface area contributed by atoms with Gasteiger partial charge < -0.3 is 20.9 Å². The highest BCUT2D eigenvalue weighted by Gasteiger charge is 2.16. The number of carbonyl (C=O) groups excluding carboxylic acids is 1. The molecule has 106 valence electrons. The fraction of sp³-hybridized carbons (Fsp3) is 0.500. The molecule has 1 rings (SSSR count). The molecule has 0 bridgehead atoms. The summed E-state index contributed by atoms with van der Waals surface area (Å²) in [4.78, 5) is 11.8. The number of benzene rings is 1. The Kier molecular flexibility index (Phi) is 6.32. The summed E-state index contributed by atoms with van der Waals surface area (Å²) in [5.41, 5.74) is 6.76. The van der Waals surface area contributed by atoms with Crippen LogP contribution in [0.5, 0.6) is 5.75 Å². The van der Waals surface area contributed by atoms with E-state index in [4.69, 9.17) is 10.5 Å². The van der Waals surface area contributed by atoms with Crippen LogP contribution < -0.4 is 11.1 Å². The van der Waals surface area contributed by atoms with E-state index in [1.54, 1.807) is 24.3 Å². The SMILES string of the molecule is CCOCC(C)NC(=O)[C@H](N)Cc1ccc(O)cc1. The molecule has 0 aliphatic heterocycles. The molecule has 2 atom stereocenters. The summed E-state index contributed by atoms with van der Waals surface area (Å²) in [5, 5.41) is 12.0. The molecule has 5 heteroatoms. The van der Waals surface area contributed by atoms with Gasteiger partial charge in [-0.3, -0.25) is 4.79 Å². The normalized spacial score (nSPS) is 13.8. The Labute approximate surface area is 113 Å². The van der Waals surface area contributed by atoms with E-state index in [0.29, 0.717) is 19.6 Å². The van der Waals surface area contributed by atoms with Crippen LogP contribution in [0.15, 0.2) is 24.3 Å². The van der Waals surface area contributed by atoms with Gasteiger partial charge in [-0.05, 0) is 38.0 Å². The Hall–Kier alpha value is -1.59. The van der Waals surface area contributed by atoms with Gasteiger partial charge >= 0.3 is 0 Å². The van der Waals surface area contributed by atoms with Crippen molar-refractivity contribution in [2.75, 3.05) is 13.2 Å². The third kappa shape index (κ3) is 5.72. The lowest BCUT2D eigenvalue weighted by Gasteiger charge is -2.17. The molecule has 0 aromatic heterocycles. The third-order valence-electron chi connectivity index (χ3n) is 2.69. The molecule has 0 radical (unpaired) electrons. The predicted octanol–water partition coefficient (Wildman–Crippen LogP) is 0.803. The van der Waals surface area contributed by atoms with Gasteiger partial charge in [0.05, 0.1) is 12.6 Å². The van der Waals surface area contributed by atoms with E-state index in [1.807, 2.05) is 13.8 Å². The molecule has 1 aromatic carbocycles. The molecule has 0 spiro atoms. The molecule has 0 saturated heterocycles. The second-order valence-electron chi connectivity index (χ2n) is 4.55. The highest BCUT2D eigenvalue weighted by Crippen LogP contribution is 2.10. The van der Waals surface area contributed by atoms with Crippen LogP contribution in [0.2, 0.25) is 0 Å². The molecule has 4 N–H and O–H groups in total. The van der Waals surface area contributed by atoms with E-state index in [9.17, 15) is 9.90 Å². The number of ether oxygens (including phenoxy) is 1. The van der Waals surface area contributed by atoms with Crippen molar-refractivity contribution in [2.45, 2.75) is 32.4 Å². The zero-order valence-corrected chi connectivity index (χ0v) is 11.4. The molecule has 5 nitrogen and oxygen atoms in total. The van der Waals surface area contributed by atoms with Crippen molar-refractivity contribution in [3.8, 4) is 5.75 Å². The van der Waals surface area contributed by atoms with Crippen molar-refractivity contribution in [1.82, 2.24) is 5.32 Å². The first kappa shape index (κ1) is 15.5. The largest absolute Gasteiger partial charge is 0.508 e. The molecular formula is C14H22N2O3. The van der Waals surface area contributed by atoms with E-state index >= 15 is 0 Å². The lowest BCUT2D eigenvalue weighted by molar-refractivity contribution is -0.123. The topological polar surface area (TPSA) is 84.6 Å². The van der Waals surface area contributed by atoms with Gasteiger partial charge in [0.1, 0.15) is 5.75 Å². The predicted molar refractivity (Wildman–Crippen MR) is 73.9 cm³/mol. The van der Waals surface area contributed by atoms with Crippen molar-refractivity contribution < 1.29 is 14.6 Å². The highest BCUT2D eigenvalue weighted by atomic mass is 16.5. The van der Waals surface area contributed by atoms with E-state index < -0.39 is 6.04 Å². The van der Waals surface area contributed by atoms with Crippen molar-refractivity contribution >= 4 is 5.91 Å². The number of nitrogens with two attached hydrogens (primary N) is 1. The van der Waals surface area contributed by atoms with E-state index in [1.165, 1.54) is 0 Å². The molecule has 0 fully saturated rings. The Bertz CT molecular complexity index is 392. The third-order valence-corrected chi connectivity index (χ3v) is 2.69. The molecule has 1 aromatic rings. The molecule has 19 heavy (non-hydrogen) atoms. The maximum absolute atomic E-state index is 11.8. The van der Waals surface area contributed by atoms with Gasteiger partial charge in [0.2, 0.25) is 5.91 Å². The quantitative estimate of drug-likeness (QED) is 0.681. The monoisotopic (exact) mass is 266 g/mol. The number of hydrogen-bond acceptors (Lipinski definition) is 4. The fourth-order valence-corrected chi connectivity index (χ4v) is 1.66. The van der Waals surface area contributed by atoms with Gasteiger partial charge in [-0.1, -0.05) is 12.1 Å². The Morgan fingerprint density at radius 1 is 1.42 bits per heavy atom. The van der Waals surface area contributed by atoms with Crippen molar-refractivity contribution in [3.63, 3.8) is 0 Å². The number of hydrogen-bond donors (Lipinski definition) is 3. The van der Waals surface area contributed by atoms with Crippen LogP contribution in [0, 0.1) is 0 Å². The maximum atomic E-state index is 11.8. The van der Waals surface area contributed by atoms with Gasteiger partial charge in [-0.2, -0.15) is 0 Å². The summed E-state index contributed by atoms with van der Waals surface area (Å²) in [6.07, 6.45) is 0.438. The number of carbonyl (C=O) groups is 1. The molecule has 0 heterocycles. The summed E-state index contributed by atoms with van der Waals surface area (Å²) < 4.78 is 5.22. The highest BCUT2D eigenvalue weighted by molar-refractivity contribution is 5.82. The maximum Gasteiger partial charge on any atom is 0.237 e. The second-order valence-corrected chi connectivity index (χ2v) is 4.55. The molecule has 1 unspecified atom stereocenters. The standard InChI is InChI=1S/C14H22N2O3/c1-3-19-9-10(2)16-14(18)13(15)8-11-4-6-12(17)7-5-11/h4-7,10,13,17H,3,8-9,15H2,1-2H3,(H,16,18)/t10?,13-/m1/s1. The summed E-state index contributed by atoms with van der Waals surface area (Å²) >= 11 is 0. The van der Waals surface area contributed by atoms with Gasteiger partial charge in [0.15, 0.2) is 0 Å². The number of amides is 1. The van der Waals surface area contributed by atoms with Crippen LogP contribution in [0.3, 0.4) is 0 Å². The van der Waals surface area contributed by atoms with E-state index in [0.717, 1.165) is 5.56 Å².